The highest BCUT2D eigenvalue weighted by atomic mass is 32.2. The van der Waals surface area contributed by atoms with Crippen LogP contribution >= 0.6 is 23.5 Å². The summed E-state index contributed by atoms with van der Waals surface area (Å²) >= 11 is 2.84. The molecular formula is C25H20FN5O3S2. The van der Waals surface area contributed by atoms with Crippen molar-refractivity contribution in [3.05, 3.63) is 90.0 Å². The van der Waals surface area contributed by atoms with Crippen molar-refractivity contribution in [2.75, 3.05) is 12.4 Å². The molecule has 0 atom stereocenters. The van der Waals surface area contributed by atoms with Gasteiger partial charge in [0.05, 0.1) is 24.5 Å². The molecule has 8 nitrogen and oxygen atoms in total. The third kappa shape index (κ3) is 6.56. The lowest BCUT2D eigenvalue weighted by Crippen LogP contribution is -1.99. The molecule has 182 valence electrons. The lowest BCUT2D eigenvalue weighted by molar-refractivity contribution is 0.133. The minimum Gasteiger partial charge on any atom is -0.411 e. The summed E-state index contributed by atoms with van der Waals surface area (Å²) in [5.74, 6) is 1.92. The number of rotatable bonds is 11. The largest absolute Gasteiger partial charge is 0.411 e. The Labute approximate surface area is 214 Å². The second-order valence-electron chi connectivity index (χ2n) is 7.47. The van der Waals surface area contributed by atoms with Crippen molar-refractivity contribution in [1.82, 2.24) is 25.4 Å². The quantitative estimate of drug-likeness (QED) is 0.154. The Bertz CT molecular complexity index is 1380. The molecule has 5 aromatic rings. The SMILES string of the molecule is Fc1ccc(CSc2nnc(-c3ccc(COCCSc4nnc(-c5ccccc5)o4)nc3)o2)cc1. The zero-order valence-corrected chi connectivity index (χ0v) is 20.5. The highest BCUT2D eigenvalue weighted by Crippen LogP contribution is 2.26. The summed E-state index contributed by atoms with van der Waals surface area (Å²) in [6, 6.07) is 19.7. The summed E-state index contributed by atoms with van der Waals surface area (Å²) in [7, 11) is 0. The minimum absolute atomic E-state index is 0.259. The molecule has 0 radical (unpaired) electrons. The molecule has 0 aliphatic rings. The molecule has 0 amide bonds. The van der Waals surface area contributed by atoms with Crippen LogP contribution in [0.4, 0.5) is 4.39 Å². The Morgan fingerprint density at radius 2 is 1.47 bits per heavy atom. The van der Waals surface area contributed by atoms with Gasteiger partial charge in [0.25, 0.3) is 10.4 Å². The molecule has 0 bridgehead atoms. The maximum atomic E-state index is 13.0. The van der Waals surface area contributed by atoms with E-state index < -0.39 is 0 Å². The first kappa shape index (κ1) is 24.2. The van der Waals surface area contributed by atoms with Crippen molar-refractivity contribution in [2.24, 2.45) is 0 Å². The van der Waals surface area contributed by atoms with E-state index in [1.54, 1.807) is 18.3 Å². The summed E-state index contributed by atoms with van der Waals surface area (Å²) in [5.41, 5.74) is 3.38. The predicted molar refractivity (Wildman–Crippen MR) is 134 cm³/mol. The number of benzene rings is 2. The molecule has 0 spiro atoms. The van der Waals surface area contributed by atoms with Crippen LogP contribution in [-0.2, 0) is 17.1 Å². The van der Waals surface area contributed by atoms with Gasteiger partial charge in [-0.1, -0.05) is 53.9 Å². The Balaban J connectivity index is 1.04. The lowest BCUT2D eigenvalue weighted by atomic mass is 10.2. The lowest BCUT2D eigenvalue weighted by Gasteiger charge is -2.03. The average molecular weight is 522 g/mol. The van der Waals surface area contributed by atoms with E-state index in [1.165, 1.54) is 35.7 Å². The number of nitrogens with zero attached hydrogens (tertiary/aromatic N) is 5. The number of hydrogen-bond donors (Lipinski definition) is 0. The monoisotopic (exact) mass is 521 g/mol. The summed E-state index contributed by atoms with van der Waals surface area (Å²) in [6.45, 7) is 0.887. The van der Waals surface area contributed by atoms with Gasteiger partial charge < -0.3 is 13.6 Å². The molecule has 5 rings (SSSR count). The first-order valence-corrected chi connectivity index (χ1v) is 13.0. The van der Waals surface area contributed by atoms with Gasteiger partial charge in [-0.2, -0.15) is 0 Å². The summed E-state index contributed by atoms with van der Waals surface area (Å²) < 4.78 is 30.1. The fraction of sp³-hybridized carbons (Fsp3) is 0.160. The number of halogens is 1. The topological polar surface area (TPSA) is 100.0 Å². The maximum absolute atomic E-state index is 13.0. The van der Waals surface area contributed by atoms with Crippen molar-refractivity contribution >= 4 is 23.5 Å². The van der Waals surface area contributed by atoms with Gasteiger partial charge in [-0.05, 0) is 42.0 Å². The van der Waals surface area contributed by atoms with E-state index in [-0.39, 0.29) is 5.82 Å². The molecule has 0 fully saturated rings. The van der Waals surface area contributed by atoms with Crippen LogP contribution in [0.25, 0.3) is 22.9 Å². The number of hydrogen-bond acceptors (Lipinski definition) is 10. The van der Waals surface area contributed by atoms with Gasteiger partial charge in [-0.25, -0.2) is 4.39 Å². The van der Waals surface area contributed by atoms with Crippen LogP contribution in [0.5, 0.6) is 0 Å². The molecule has 11 heteroatoms. The van der Waals surface area contributed by atoms with E-state index in [0.717, 1.165) is 22.4 Å². The standard InChI is InChI=1S/C25H20FN5O3S2/c26-20-9-6-17(7-10-20)16-36-25-31-29-23(34-25)19-8-11-21(27-14-19)15-32-12-13-35-24-30-28-22(33-24)18-4-2-1-3-5-18/h1-11,14H,12-13,15-16H2. The molecule has 2 aromatic carbocycles. The van der Waals surface area contributed by atoms with Crippen molar-refractivity contribution in [3.63, 3.8) is 0 Å². The van der Waals surface area contributed by atoms with Gasteiger partial charge in [0, 0.05) is 23.3 Å². The van der Waals surface area contributed by atoms with Crippen molar-refractivity contribution in [2.45, 2.75) is 22.8 Å². The van der Waals surface area contributed by atoms with Gasteiger partial charge in [0.15, 0.2) is 0 Å². The van der Waals surface area contributed by atoms with Crippen molar-refractivity contribution in [3.8, 4) is 22.9 Å². The molecule has 3 heterocycles. The number of pyridine rings is 1. The van der Waals surface area contributed by atoms with Crippen molar-refractivity contribution in [1.29, 1.82) is 0 Å². The normalized spacial score (nSPS) is 11.1. The molecule has 0 aliphatic carbocycles. The Morgan fingerprint density at radius 1 is 0.750 bits per heavy atom. The van der Waals surface area contributed by atoms with Crippen LogP contribution in [0.3, 0.4) is 0 Å². The zero-order valence-electron chi connectivity index (χ0n) is 18.9. The summed E-state index contributed by atoms with van der Waals surface area (Å²) in [4.78, 5) is 4.42. The minimum atomic E-state index is -0.259. The van der Waals surface area contributed by atoms with Crippen LogP contribution in [0, 0.1) is 5.82 Å². The average Bonchev–Trinajstić information content (AvgIpc) is 3.59. The first-order chi connectivity index (χ1) is 17.7. The number of aromatic nitrogens is 5. The molecule has 0 saturated heterocycles. The van der Waals surface area contributed by atoms with Gasteiger partial charge in [-0.15, -0.1) is 20.4 Å². The molecule has 36 heavy (non-hydrogen) atoms. The summed E-state index contributed by atoms with van der Waals surface area (Å²) in [5, 5.41) is 17.2. The molecule has 0 saturated carbocycles. The van der Waals surface area contributed by atoms with Gasteiger partial charge in [0.1, 0.15) is 5.82 Å². The van der Waals surface area contributed by atoms with Crippen LogP contribution < -0.4 is 0 Å². The number of thioether (sulfide) groups is 2. The molecule has 0 N–H and O–H groups in total. The molecular weight excluding hydrogens is 501 g/mol. The number of ether oxygens (including phenoxy) is 1. The van der Waals surface area contributed by atoms with Crippen LogP contribution in [0.2, 0.25) is 0 Å². The molecule has 3 aromatic heterocycles. The highest BCUT2D eigenvalue weighted by Gasteiger charge is 2.11. The zero-order chi connectivity index (χ0) is 24.6. The third-order valence-electron chi connectivity index (χ3n) is 4.88. The van der Waals surface area contributed by atoms with Crippen LogP contribution in [-0.4, -0.2) is 37.7 Å². The maximum Gasteiger partial charge on any atom is 0.277 e. The van der Waals surface area contributed by atoms with E-state index in [4.69, 9.17) is 13.6 Å². The van der Waals surface area contributed by atoms with E-state index in [9.17, 15) is 4.39 Å². The van der Waals surface area contributed by atoms with Crippen molar-refractivity contribution < 1.29 is 18.0 Å². The fourth-order valence-electron chi connectivity index (χ4n) is 3.08. The third-order valence-corrected chi connectivity index (χ3v) is 6.56. The Kier molecular flexibility index (Phi) is 8.01. The van der Waals surface area contributed by atoms with Gasteiger partial charge >= 0.3 is 0 Å². The van der Waals surface area contributed by atoms with Crippen LogP contribution in [0.15, 0.2) is 92.2 Å². The highest BCUT2D eigenvalue weighted by molar-refractivity contribution is 7.99. The van der Waals surface area contributed by atoms with E-state index in [1.807, 2.05) is 42.5 Å². The Morgan fingerprint density at radius 3 is 2.19 bits per heavy atom. The van der Waals surface area contributed by atoms with E-state index in [0.29, 0.717) is 46.9 Å². The molecule has 0 aliphatic heterocycles. The Hall–Kier alpha value is -3.54. The second-order valence-corrected chi connectivity index (χ2v) is 9.44. The first-order valence-electron chi connectivity index (χ1n) is 11.0. The van der Waals surface area contributed by atoms with E-state index in [2.05, 4.69) is 25.4 Å². The van der Waals surface area contributed by atoms with Gasteiger partial charge in [-0.3, -0.25) is 4.98 Å². The summed E-state index contributed by atoms with van der Waals surface area (Å²) in [6.07, 6.45) is 1.68. The second kappa shape index (κ2) is 11.9. The molecule has 0 unspecified atom stereocenters. The smallest absolute Gasteiger partial charge is 0.277 e. The fourth-order valence-corrected chi connectivity index (χ4v) is 4.41. The predicted octanol–water partition coefficient (Wildman–Crippen LogP) is 5.92. The van der Waals surface area contributed by atoms with E-state index >= 15 is 0 Å². The van der Waals surface area contributed by atoms with Crippen LogP contribution in [0.1, 0.15) is 11.3 Å². The van der Waals surface area contributed by atoms with Gasteiger partial charge in [0.2, 0.25) is 11.8 Å².